The molecule has 21 heavy (non-hydrogen) atoms. The minimum atomic E-state index is -0.0977. The molecule has 2 aromatic rings. The molecular weight excluding hydrogens is 329 g/mol. The van der Waals surface area contributed by atoms with E-state index >= 15 is 0 Å². The minimum absolute atomic E-state index is 0.0977. The Kier molecular flexibility index (Phi) is 4.41. The van der Waals surface area contributed by atoms with Crippen LogP contribution in [-0.4, -0.2) is 13.1 Å². The number of halogens is 2. The highest BCUT2D eigenvalue weighted by molar-refractivity contribution is 9.10. The van der Waals surface area contributed by atoms with Crippen molar-refractivity contribution in [2.45, 2.75) is 25.2 Å². The van der Waals surface area contributed by atoms with E-state index in [1.807, 2.05) is 12.1 Å². The van der Waals surface area contributed by atoms with Crippen LogP contribution < -0.4 is 5.32 Å². The molecule has 3 heteroatoms. The van der Waals surface area contributed by atoms with Crippen molar-refractivity contribution in [3.8, 4) is 0 Å². The van der Waals surface area contributed by atoms with E-state index in [1.165, 1.54) is 11.1 Å². The van der Waals surface area contributed by atoms with E-state index in [0.717, 1.165) is 29.5 Å². The first-order valence-electron chi connectivity index (χ1n) is 7.38. The number of piperidine rings is 1. The van der Waals surface area contributed by atoms with Crippen LogP contribution in [0.3, 0.4) is 0 Å². The highest BCUT2D eigenvalue weighted by Crippen LogP contribution is 2.41. The summed E-state index contributed by atoms with van der Waals surface area (Å²) in [4.78, 5) is 0. The van der Waals surface area contributed by atoms with Crippen LogP contribution in [0.4, 0.5) is 4.39 Å². The largest absolute Gasteiger partial charge is 0.316 e. The Morgan fingerprint density at radius 1 is 1.10 bits per heavy atom. The Hall–Kier alpha value is -1.19. The lowest BCUT2D eigenvalue weighted by molar-refractivity contribution is 0.393. The van der Waals surface area contributed by atoms with E-state index in [2.05, 4.69) is 46.4 Å². The summed E-state index contributed by atoms with van der Waals surface area (Å²) >= 11 is 3.69. The van der Waals surface area contributed by atoms with Gasteiger partial charge in [0, 0.05) is 16.9 Å². The maximum absolute atomic E-state index is 14.2. The van der Waals surface area contributed by atoms with Gasteiger partial charge in [-0.05, 0) is 54.6 Å². The van der Waals surface area contributed by atoms with Crippen LogP contribution in [0.2, 0.25) is 0 Å². The number of aryl methyl sites for hydroxylation is 1. The van der Waals surface area contributed by atoms with Gasteiger partial charge in [-0.1, -0.05) is 46.3 Å². The van der Waals surface area contributed by atoms with E-state index in [0.29, 0.717) is 5.92 Å². The van der Waals surface area contributed by atoms with Gasteiger partial charge in [0.1, 0.15) is 5.82 Å². The highest BCUT2D eigenvalue weighted by Gasteiger charge is 2.30. The molecule has 1 aliphatic heterocycles. The van der Waals surface area contributed by atoms with Gasteiger partial charge in [0.2, 0.25) is 0 Å². The first kappa shape index (κ1) is 14.7. The number of nitrogens with one attached hydrogen (secondary N) is 1. The van der Waals surface area contributed by atoms with Gasteiger partial charge in [0.05, 0.1) is 0 Å². The number of rotatable bonds is 2. The zero-order valence-corrected chi connectivity index (χ0v) is 13.7. The third-order valence-corrected chi connectivity index (χ3v) is 5.03. The van der Waals surface area contributed by atoms with Gasteiger partial charge in [-0.2, -0.15) is 0 Å². The molecule has 1 N–H and O–H groups in total. The molecule has 1 heterocycles. The van der Waals surface area contributed by atoms with Crippen molar-refractivity contribution < 1.29 is 4.39 Å². The molecule has 0 aromatic heterocycles. The predicted molar refractivity (Wildman–Crippen MR) is 88.2 cm³/mol. The second kappa shape index (κ2) is 6.29. The van der Waals surface area contributed by atoms with E-state index < -0.39 is 0 Å². The van der Waals surface area contributed by atoms with Crippen molar-refractivity contribution in [1.29, 1.82) is 0 Å². The SMILES string of the molecule is Cc1ccc(C2CCNCC2c2ccccc2F)c(Br)c1. The van der Waals surface area contributed by atoms with Gasteiger partial charge in [0.15, 0.2) is 0 Å². The fraction of sp³-hybridized carbons (Fsp3) is 0.333. The molecule has 1 nitrogen and oxygen atoms in total. The van der Waals surface area contributed by atoms with Crippen LogP contribution in [-0.2, 0) is 0 Å². The molecule has 0 spiro atoms. The Labute approximate surface area is 133 Å². The number of benzene rings is 2. The third-order valence-electron chi connectivity index (χ3n) is 4.34. The molecule has 3 rings (SSSR count). The van der Waals surface area contributed by atoms with Crippen molar-refractivity contribution in [1.82, 2.24) is 5.32 Å². The van der Waals surface area contributed by atoms with E-state index in [-0.39, 0.29) is 11.7 Å². The van der Waals surface area contributed by atoms with E-state index in [9.17, 15) is 4.39 Å². The van der Waals surface area contributed by atoms with Crippen LogP contribution >= 0.6 is 15.9 Å². The van der Waals surface area contributed by atoms with Gasteiger partial charge in [-0.15, -0.1) is 0 Å². The van der Waals surface area contributed by atoms with Gasteiger partial charge < -0.3 is 5.32 Å². The lowest BCUT2D eigenvalue weighted by Gasteiger charge is -2.33. The molecule has 1 aliphatic rings. The fourth-order valence-electron chi connectivity index (χ4n) is 3.27. The normalized spacial score (nSPS) is 22.2. The van der Waals surface area contributed by atoms with Crippen LogP contribution in [0.5, 0.6) is 0 Å². The molecule has 1 fully saturated rings. The molecule has 0 saturated carbocycles. The van der Waals surface area contributed by atoms with Crippen LogP contribution in [0.25, 0.3) is 0 Å². The maximum atomic E-state index is 14.2. The molecule has 0 amide bonds. The number of hydrogen-bond acceptors (Lipinski definition) is 1. The molecule has 0 aliphatic carbocycles. The summed E-state index contributed by atoms with van der Waals surface area (Å²) in [6.07, 6.45) is 1.03. The zero-order valence-electron chi connectivity index (χ0n) is 12.1. The fourth-order valence-corrected chi connectivity index (χ4v) is 4.05. The van der Waals surface area contributed by atoms with Gasteiger partial charge in [-0.25, -0.2) is 4.39 Å². The van der Waals surface area contributed by atoms with E-state index in [1.54, 1.807) is 12.1 Å². The number of hydrogen-bond donors (Lipinski definition) is 1. The highest BCUT2D eigenvalue weighted by atomic mass is 79.9. The minimum Gasteiger partial charge on any atom is -0.316 e. The van der Waals surface area contributed by atoms with Gasteiger partial charge in [0.25, 0.3) is 0 Å². The summed E-state index contributed by atoms with van der Waals surface area (Å²) in [6.45, 7) is 3.90. The topological polar surface area (TPSA) is 12.0 Å². The molecular formula is C18H19BrFN. The molecule has 2 aromatic carbocycles. The quantitative estimate of drug-likeness (QED) is 0.825. The van der Waals surface area contributed by atoms with Crippen LogP contribution in [0.1, 0.15) is 34.9 Å². The van der Waals surface area contributed by atoms with Gasteiger partial charge >= 0.3 is 0 Å². The second-order valence-corrected chi connectivity index (χ2v) is 6.61. The Morgan fingerprint density at radius 3 is 2.67 bits per heavy atom. The van der Waals surface area contributed by atoms with E-state index in [4.69, 9.17) is 0 Å². The smallest absolute Gasteiger partial charge is 0.126 e. The average molecular weight is 348 g/mol. The van der Waals surface area contributed by atoms with Crippen molar-refractivity contribution in [3.63, 3.8) is 0 Å². The maximum Gasteiger partial charge on any atom is 0.126 e. The molecule has 110 valence electrons. The first-order chi connectivity index (χ1) is 10.2. The Balaban J connectivity index is 2.00. The summed E-state index contributed by atoms with van der Waals surface area (Å²) in [6, 6.07) is 13.6. The summed E-state index contributed by atoms with van der Waals surface area (Å²) in [5.41, 5.74) is 3.35. The van der Waals surface area contributed by atoms with Crippen molar-refractivity contribution in [2.24, 2.45) is 0 Å². The Morgan fingerprint density at radius 2 is 1.90 bits per heavy atom. The van der Waals surface area contributed by atoms with Crippen LogP contribution in [0, 0.1) is 12.7 Å². The third kappa shape index (κ3) is 3.04. The average Bonchev–Trinajstić information content (AvgIpc) is 2.48. The molecule has 1 saturated heterocycles. The first-order valence-corrected chi connectivity index (χ1v) is 8.17. The lowest BCUT2D eigenvalue weighted by Crippen LogP contribution is -2.34. The Bertz CT molecular complexity index is 641. The summed E-state index contributed by atoms with van der Waals surface area (Å²) < 4.78 is 15.3. The predicted octanol–water partition coefficient (Wildman–Crippen LogP) is 4.76. The summed E-state index contributed by atoms with van der Waals surface area (Å²) in [5, 5.41) is 3.41. The molecule has 2 unspecified atom stereocenters. The summed E-state index contributed by atoms with van der Waals surface area (Å²) in [7, 11) is 0. The van der Waals surface area contributed by atoms with Gasteiger partial charge in [-0.3, -0.25) is 0 Å². The van der Waals surface area contributed by atoms with Crippen molar-refractivity contribution >= 4 is 15.9 Å². The van der Waals surface area contributed by atoms with Crippen LogP contribution in [0.15, 0.2) is 46.9 Å². The zero-order chi connectivity index (χ0) is 14.8. The lowest BCUT2D eigenvalue weighted by atomic mass is 9.77. The summed E-state index contributed by atoms with van der Waals surface area (Å²) in [5.74, 6) is 0.427. The molecule has 0 bridgehead atoms. The van der Waals surface area contributed by atoms with Crippen molar-refractivity contribution in [3.05, 3.63) is 69.4 Å². The monoisotopic (exact) mass is 347 g/mol. The standard InChI is InChI=1S/C18H19BrFN/c1-12-6-7-14(17(19)10-12)13-8-9-21-11-16(13)15-4-2-3-5-18(15)20/h2-7,10,13,16,21H,8-9,11H2,1H3. The molecule has 0 radical (unpaired) electrons. The second-order valence-electron chi connectivity index (χ2n) is 5.75. The molecule has 2 atom stereocenters. The van der Waals surface area contributed by atoms with Crippen molar-refractivity contribution in [2.75, 3.05) is 13.1 Å².